The van der Waals surface area contributed by atoms with Crippen LogP contribution in [0, 0.1) is 0 Å². The second-order valence-electron chi connectivity index (χ2n) is 3.39. The largest absolute Gasteiger partial charge is 0.373 e. The van der Waals surface area contributed by atoms with E-state index in [1.807, 2.05) is 0 Å². The lowest BCUT2D eigenvalue weighted by Crippen LogP contribution is -2.42. The first-order chi connectivity index (χ1) is 9.16. The highest BCUT2D eigenvalue weighted by Crippen LogP contribution is 2.21. The SMILES string of the molecule is CC(=O)OOC(C)(OO)OOC(C)(OO)OOC(C)=O. The van der Waals surface area contributed by atoms with Gasteiger partial charge in [-0.2, -0.15) is 19.6 Å². The van der Waals surface area contributed by atoms with Crippen molar-refractivity contribution in [1.29, 1.82) is 0 Å². The summed E-state index contributed by atoms with van der Waals surface area (Å²) in [5.74, 6) is -6.70. The van der Waals surface area contributed by atoms with E-state index >= 15 is 0 Å². The summed E-state index contributed by atoms with van der Waals surface area (Å²) in [6.45, 7) is 3.78. The molecule has 12 nitrogen and oxygen atoms in total. The number of hydrogen-bond acceptors (Lipinski definition) is 12. The van der Waals surface area contributed by atoms with Gasteiger partial charge in [0.2, 0.25) is 0 Å². The van der Waals surface area contributed by atoms with E-state index in [0.29, 0.717) is 0 Å². The summed E-state index contributed by atoms with van der Waals surface area (Å²) < 4.78 is 0. The molecule has 0 aliphatic carbocycles. The molecule has 2 N–H and O–H groups in total. The van der Waals surface area contributed by atoms with Gasteiger partial charge in [0.05, 0.1) is 0 Å². The van der Waals surface area contributed by atoms with Gasteiger partial charge in [-0.15, -0.1) is 9.78 Å². The van der Waals surface area contributed by atoms with E-state index < -0.39 is 23.9 Å². The Morgan fingerprint density at radius 3 is 1.25 bits per heavy atom. The standard InChI is InChI=1S/C8H14O12/c1-5(9)13-17-7(3,15-11)19-20-8(4,16-12)18-14-6(2)10/h11-12H,1-4H3. The lowest BCUT2D eigenvalue weighted by atomic mass is 10.7. The Kier molecular flexibility index (Phi) is 7.48. The van der Waals surface area contributed by atoms with Crippen molar-refractivity contribution in [1.82, 2.24) is 0 Å². The molecule has 2 atom stereocenters. The van der Waals surface area contributed by atoms with Gasteiger partial charge in [0.25, 0.3) is 0 Å². The maximum atomic E-state index is 10.5. The monoisotopic (exact) mass is 302 g/mol. The van der Waals surface area contributed by atoms with E-state index in [9.17, 15) is 9.59 Å². The van der Waals surface area contributed by atoms with Crippen LogP contribution in [0.5, 0.6) is 0 Å². The fourth-order valence-electron chi connectivity index (χ4n) is 0.509. The second-order valence-corrected chi connectivity index (χ2v) is 3.39. The minimum absolute atomic E-state index is 0.894. The minimum Gasteiger partial charge on any atom is -0.293 e. The molecule has 0 saturated carbocycles. The van der Waals surface area contributed by atoms with Crippen molar-refractivity contribution in [2.24, 2.45) is 0 Å². The molecule has 0 fully saturated rings. The van der Waals surface area contributed by atoms with Crippen LogP contribution in [0.25, 0.3) is 0 Å². The third-order valence-electron chi connectivity index (χ3n) is 1.30. The number of carbonyl (C=O) groups excluding carboxylic acids is 2. The third-order valence-corrected chi connectivity index (χ3v) is 1.30. The molecule has 12 heteroatoms. The third kappa shape index (κ3) is 7.27. The summed E-state index contributed by atoms with van der Waals surface area (Å²) in [5.41, 5.74) is 0. The Morgan fingerprint density at radius 1 is 0.750 bits per heavy atom. The molecule has 0 heterocycles. The molecule has 20 heavy (non-hydrogen) atoms. The first-order valence-electron chi connectivity index (χ1n) is 4.91. The first kappa shape index (κ1) is 18.6. The predicted molar refractivity (Wildman–Crippen MR) is 52.1 cm³/mol. The fraction of sp³-hybridized carbons (Fsp3) is 0.750. The number of rotatable bonds is 9. The molecule has 0 aromatic rings. The molecule has 0 aliphatic rings. The second kappa shape index (κ2) is 8.03. The Balaban J connectivity index is 4.49. The maximum Gasteiger partial charge on any atom is 0.373 e. The van der Waals surface area contributed by atoms with Gasteiger partial charge in [0.15, 0.2) is 0 Å². The molecule has 0 saturated heterocycles. The van der Waals surface area contributed by atoms with Crippen LogP contribution in [0.4, 0.5) is 0 Å². The molecule has 0 amide bonds. The van der Waals surface area contributed by atoms with E-state index in [1.165, 1.54) is 0 Å². The molecule has 0 aromatic heterocycles. The fourth-order valence-corrected chi connectivity index (χ4v) is 0.509. The molecule has 0 bridgehead atoms. The summed E-state index contributed by atoms with van der Waals surface area (Å²) >= 11 is 0. The average Bonchev–Trinajstić information content (AvgIpc) is 2.41. The Labute approximate surface area is 112 Å². The van der Waals surface area contributed by atoms with Crippen LogP contribution < -0.4 is 0 Å². The zero-order chi connectivity index (χ0) is 15.8. The van der Waals surface area contributed by atoms with Crippen molar-refractivity contribution in [3.63, 3.8) is 0 Å². The van der Waals surface area contributed by atoms with Crippen LogP contribution in [0.2, 0.25) is 0 Å². The van der Waals surface area contributed by atoms with Gasteiger partial charge in [-0.3, -0.25) is 9.78 Å². The molecule has 0 rings (SSSR count). The smallest absolute Gasteiger partial charge is 0.293 e. The normalized spacial score (nSPS) is 16.9. The first-order valence-corrected chi connectivity index (χ1v) is 4.91. The van der Waals surface area contributed by atoms with Crippen LogP contribution in [0.1, 0.15) is 27.7 Å². The van der Waals surface area contributed by atoms with E-state index in [0.717, 1.165) is 27.7 Å². The summed E-state index contributed by atoms with van der Waals surface area (Å²) in [5, 5.41) is 17.1. The molecule has 0 aromatic carbocycles. The van der Waals surface area contributed by atoms with Crippen molar-refractivity contribution in [3.8, 4) is 0 Å². The summed E-state index contributed by atoms with van der Waals surface area (Å²) in [6.07, 6.45) is 0. The molecule has 0 aliphatic heterocycles. The van der Waals surface area contributed by atoms with Gasteiger partial charge in [-0.05, 0) is 0 Å². The van der Waals surface area contributed by atoms with Crippen LogP contribution in [0.15, 0.2) is 0 Å². The van der Waals surface area contributed by atoms with Gasteiger partial charge in [-0.1, -0.05) is 0 Å². The topological polar surface area (TPSA) is 148 Å². The van der Waals surface area contributed by atoms with Crippen molar-refractivity contribution < 1.29 is 59.2 Å². The van der Waals surface area contributed by atoms with Gasteiger partial charge < -0.3 is 0 Å². The number of hydrogen-bond donors (Lipinski definition) is 2. The highest BCUT2D eigenvalue weighted by atomic mass is 17.4. The number of carbonyl (C=O) groups is 2. The lowest BCUT2D eigenvalue weighted by molar-refractivity contribution is -0.681. The zero-order valence-corrected chi connectivity index (χ0v) is 11.0. The Morgan fingerprint density at radius 2 is 1.05 bits per heavy atom. The summed E-state index contributed by atoms with van der Waals surface area (Å²) in [6, 6.07) is 0. The highest BCUT2D eigenvalue weighted by Gasteiger charge is 2.40. The zero-order valence-electron chi connectivity index (χ0n) is 11.0. The van der Waals surface area contributed by atoms with Crippen molar-refractivity contribution in [2.45, 2.75) is 39.6 Å². The molecule has 0 spiro atoms. The lowest BCUT2D eigenvalue weighted by Gasteiger charge is -2.27. The van der Waals surface area contributed by atoms with Crippen LogP contribution in [-0.4, -0.2) is 34.4 Å². The van der Waals surface area contributed by atoms with E-state index in [2.05, 4.69) is 39.1 Å². The maximum absolute atomic E-state index is 10.5. The van der Waals surface area contributed by atoms with Crippen molar-refractivity contribution in [3.05, 3.63) is 0 Å². The van der Waals surface area contributed by atoms with E-state index in [4.69, 9.17) is 10.5 Å². The quantitative estimate of drug-likeness (QED) is 0.341. The highest BCUT2D eigenvalue weighted by molar-refractivity contribution is 5.65. The van der Waals surface area contributed by atoms with Gasteiger partial charge in [0, 0.05) is 27.7 Å². The van der Waals surface area contributed by atoms with Crippen LogP contribution >= 0.6 is 0 Å². The average molecular weight is 302 g/mol. The summed E-state index contributed by atoms with van der Waals surface area (Å²) in [4.78, 5) is 53.7. The van der Waals surface area contributed by atoms with Crippen molar-refractivity contribution >= 4 is 11.9 Å². The molecular formula is C8H14O12. The van der Waals surface area contributed by atoms with E-state index in [-0.39, 0.29) is 0 Å². The Bertz CT molecular complexity index is 299. The van der Waals surface area contributed by atoms with Crippen LogP contribution in [0.3, 0.4) is 0 Å². The van der Waals surface area contributed by atoms with Gasteiger partial charge in [-0.25, -0.2) is 20.1 Å². The Hall–Kier alpha value is -1.38. The molecule has 0 radical (unpaired) electrons. The van der Waals surface area contributed by atoms with Gasteiger partial charge >= 0.3 is 23.9 Å². The molecule has 118 valence electrons. The molecular weight excluding hydrogens is 288 g/mol. The van der Waals surface area contributed by atoms with E-state index in [1.54, 1.807) is 0 Å². The predicted octanol–water partition coefficient (Wildman–Crippen LogP) is 0.251. The van der Waals surface area contributed by atoms with Crippen molar-refractivity contribution in [2.75, 3.05) is 0 Å². The van der Waals surface area contributed by atoms with Gasteiger partial charge in [0.1, 0.15) is 0 Å². The van der Waals surface area contributed by atoms with Crippen LogP contribution in [-0.2, 0) is 48.7 Å². The summed E-state index contributed by atoms with van der Waals surface area (Å²) in [7, 11) is 0. The minimum atomic E-state index is -2.45. The molecule has 2 unspecified atom stereocenters.